The highest BCUT2D eigenvalue weighted by Crippen LogP contribution is 2.59. The van der Waals surface area contributed by atoms with Crippen LogP contribution in [0.3, 0.4) is 0 Å². The van der Waals surface area contributed by atoms with E-state index in [1.807, 2.05) is 0 Å². The maximum Gasteiger partial charge on any atom is 0.0811 e. The van der Waals surface area contributed by atoms with Crippen molar-refractivity contribution in [2.24, 2.45) is 28.6 Å². The summed E-state index contributed by atoms with van der Waals surface area (Å²) in [4.78, 5) is 0. The largest absolute Gasteiger partial charge is 0.393 e. The Morgan fingerprint density at radius 1 is 1.09 bits per heavy atom. The fourth-order valence-corrected chi connectivity index (χ4v) is 8.02. The molecule has 4 aliphatic carbocycles. The monoisotopic (exact) mass is 482 g/mol. The number of aliphatic hydroxyl groups is 2. The molecule has 3 nitrogen and oxygen atoms in total. The Morgan fingerprint density at radius 2 is 1.83 bits per heavy atom. The molecule has 4 aliphatic rings. The summed E-state index contributed by atoms with van der Waals surface area (Å²) in [5, 5.41) is 20.3. The molecule has 0 heterocycles. The molecular weight excluding hydrogens is 432 g/mol. The summed E-state index contributed by atoms with van der Waals surface area (Å²) in [6, 6.07) is 0. The molecule has 4 saturated carbocycles. The van der Waals surface area contributed by atoms with Gasteiger partial charge in [0.15, 0.2) is 0 Å². The van der Waals surface area contributed by atoms with Crippen LogP contribution in [-0.4, -0.2) is 35.6 Å². The zero-order valence-corrected chi connectivity index (χ0v) is 22.7. The molecule has 35 heavy (non-hydrogen) atoms. The maximum absolute atomic E-state index is 10.2. The lowest BCUT2D eigenvalue weighted by Gasteiger charge is -2.44. The van der Waals surface area contributed by atoms with Crippen molar-refractivity contribution in [3.63, 3.8) is 0 Å². The molecule has 4 rings (SSSR count). The molecule has 0 saturated heterocycles. The van der Waals surface area contributed by atoms with Crippen LogP contribution in [-0.2, 0) is 4.74 Å². The topological polar surface area (TPSA) is 49.7 Å². The Balaban J connectivity index is 1.36. The third kappa shape index (κ3) is 5.73. The standard InChI is InChI=1S/C32H50O3/c1-22(20-35-21-23(2)31(4)15-7-6-8-16-31)28-13-14-29-25(10-9-17-32(28,29)5)11-12-26-18-27(33)19-30(34)24(26)3/h11-12,22,27-30,33-34H,2-3,6-10,13-21H2,1,4-5H3/b25-11+,26-12-/t22-,27-,28-,29+,30+,32-/m1/s1. The predicted octanol–water partition coefficient (Wildman–Crippen LogP) is 7.31. The number of ether oxygens (including phenoxy) is 1. The zero-order valence-electron chi connectivity index (χ0n) is 22.7. The molecule has 3 heteroatoms. The summed E-state index contributed by atoms with van der Waals surface area (Å²) in [5.74, 6) is 1.87. The first kappa shape index (κ1) is 26.9. The lowest BCUT2D eigenvalue weighted by atomic mass is 9.61. The minimum absolute atomic E-state index is 0.277. The van der Waals surface area contributed by atoms with Crippen LogP contribution in [0.2, 0.25) is 0 Å². The van der Waals surface area contributed by atoms with E-state index in [1.54, 1.807) is 5.57 Å². The number of hydrogen-bond acceptors (Lipinski definition) is 3. The van der Waals surface area contributed by atoms with E-state index in [9.17, 15) is 10.2 Å². The van der Waals surface area contributed by atoms with Gasteiger partial charge in [0.2, 0.25) is 0 Å². The predicted molar refractivity (Wildman–Crippen MR) is 145 cm³/mol. The number of fused-ring (bicyclic) bond motifs is 1. The SMILES string of the molecule is C=C1/C(=C\C=C2/CCC[C@]3(C)[C@@H]([C@H](C)COCC(=C)C4(C)CCCCC4)CC[C@@H]23)C[C@@H](O)C[C@@H]1O. The van der Waals surface area contributed by atoms with Crippen molar-refractivity contribution in [2.75, 3.05) is 13.2 Å². The van der Waals surface area contributed by atoms with E-state index in [4.69, 9.17) is 4.74 Å². The van der Waals surface area contributed by atoms with Gasteiger partial charge in [0.1, 0.15) is 0 Å². The van der Waals surface area contributed by atoms with Crippen molar-refractivity contribution in [1.29, 1.82) is 0 Å². The Hall–Kier alpha value is -1.16. The Bertz CT molecular complexity index is 845. The van der Waals surface area contributed by atoms with Gasteiger partial charge in [-0.15, -0.1) is 0 Å². The molecule has 2 N–H and O–H groups in total. The van der Waals surface area contributed by atoms with Gasteiger partial charge in [0, 0.05) is 13.0 Å². The van der Waals surface area contributed by atoms with E-state index in [-0.39, 0.29) is 5.41 Å². The van der Waals surface area contributed by atoms with Crippen molar-refractivity contribution in [3.8, 4) is 0 Å². The second-order valence-corrected chi connectivity index (χ2v) is 12.9. The first-order chi connectivity index (χ1) is 16.6. The summed E-state index contributed by atoms with van der Waals surface area (Å²) in [5.41, 5.74) is 5.27. The average Bonchev–Trinajstić information content (AvgIpc) is 3.18. The van der Waals surface area contributed by atoms with Crippen LogP contribution in [0.15, 0.2) is 47.6 Å². The highest BCUT2D eigenvalue weighted by Gasteiger charge is 2.50. The first-order valence-electron chi connectivity index (χ1n) is 14.3. The Kier molecular flexibility index (Phi) is 8.51. The third-order valence-electron chi connectivity index (χ3n) is 10.5. The molecule has 0 spiro atoms. The molecule has 0 aromatic carbocycles. The van der Waals surface area contributed by atoms with E-state index in [0.717, 1.165) is 24.2 Å². The zero-order chi connectivity index (χ0) is 25.2. The van der Waals surface area contributed by atoms with Crippen LogP contribution in [0, 0.1) is 28.6 Å². The molecule has 0 bridgehead atoms. The highest BCUT2D eigenvalue weighted by molar-refractivity contribution is 5.38. The van der Waals surface area contributed by atoms with Crippen LogP contribution in [0.1, 0.15) is 97.8 Å². The van der Waals surface area contributed by atoms with E-state index in [2.05, 4.69) is 46.1 Å². The van der Waals surface area contributed by atoms with Crippen LogP contribution >= 0.6 is 0 Å². The fourth-order valence-electron chi connectivity index (χ4n) is 8.02. The second kappa shape index (κ2) is 11.1. The van der Waals surface area contributed by atoms with Crippen molar-refractivity contribution in [3.05, 3.63) is 47.6 Å². The molecule has 0 aromatic rings. The lowest BCUT2D eigenvalue weighted by molar-refractivity contribution is 0.0364. The van der Waals surface area contributed by atoms with Gasteiger partial charge < -0.3 is 14.9 Å². The molecule has 0 aromatic heterocycles. The molecule has 0 aliphatic heterocycles. The Labute approximate surface area is 214 Å². The second-order valence-electron chi connectivity index (χ2n) is 12.9. The van der Waals surface area contributed by atoms with E-state index in [0.29, 0.717) is 42.6 Å². The van der Waals surface area contributed by atoms with Gasteiger partial charge in [0.25, 0.3) is 0 Å². The van der Waals surface area contributed by atoms with Gasteiger partial charge in [-0.1, -0.05) is 70.9 Å². The molecule has 4 fully saturated rings. The maximum atomic E-state index is 10.2. The summed E-state index contributed by atoms with van der Waals surface area (Å²) < 4.78 is 6.32. The van der Waals surface area contributed by atoms with Crippen LogP contribution in [0.25, 0.3) is 0 Å². The normalized spacial score (nSPS) is 38.5. The summed E-state index contributed by atoms with van der Waals surface area (Å²) in [6.07, 6.45) is 17.2. The molecule has 6 atom stereocenters. The lowest BCUT2D eigenvalue weighted by Crippen LogP contribution is -2.37. The minimum Gasteiger partial charge on any atom is -0.393 e. The summed E-state index contributed by atoms with van der Waals surface area (Å²) in [7, 11) is 0. The van der Waals surface area contributed by atoms with Gasteiger partial charge in [-0.25, -0.2) is 0 Å². The van der Waals surface area contributed by atoms with Crippen molar-refractivity contribution < 1.29 is 14.9 Å². The number of allylic oxidation sites excluding steroid dienone is 3. The highest BCUT2D eigenvalue weighted by atomic mass is 16.5. The van der Waals surface area contributed by atoms with Gasteiger partial charge in [-0.2, -0.15) is 0 Å². The van der Waals surface area contributed by atoms with Gasteiger partial charge in [-0.05, 0) is 96.7 Å². The van der Waals surface area contributed by atoms with E-state index < -0.39 is 12.2 Å². The van der Waals surface area contributed by atoms with Gasteiger partial charge >= 0.3 is 0 Å². The average molecular weight is 483 g/mol. The van der Waals surface area contributed by atoms with Crippen LogP contribution in [0.5, 0.6) is 0 Å². The van der Waals surface area contributed by atoms with Gasteiger partial charge in [0.05, 0.1) is 18.8 Å². The third-order valence-corrected chi connectivity index (χ3v) is 10.5. The Morgan fingerprint density at radius 3 is 2.57 bits per heavy atom. The molecular formula is C32H50O3. The first-order valence-corrected chi connectivity index (χ1v) is 14.3. The quantitative estimate of drug-likeness (QED) is 0.374. The molecule has 196 valence electrons. The minimum atomic E-state index is -0.617. The number of aliphatic hydroxyl groups excluding tert-OH is 2. The number of hydrogen-bond donors (Lipinski definition) is 2. The van der Waals surface area contributed by atoms with Gasteiger partial charge in [-0.3, -0.25) is 0 Å². The fraction of sp³-hybridized carbons (Fsp3) is 0.750. The smallest absolute Gasteiger partial charge is 0.0811 e. The summed E-state index contributed by atoms with van der Waals surface area (Å²) >= 11 is 0. The van der Waals surface area contributed by atoms with E-state index in [1.165, 1.54) is 63.4 Å². The van der Waals surface area contributed by atoms with Crippen molar-refractivity contribution >= 4 is 0 Å². The van der Waals surface area contributed by atoms with Crippen LogP contribution in [0.4, 0.5) is 0 Å². The molecule has 0 amide bonds. The number of rotatable bonds is 7. The van der Waals surface area contributed by atoms with Crippen molar-refractivity contribution in [2.45, 2.75) is 110 Å². The van der Waals surface area contributed by atoms with E-state index >= 15 is 0 Å². The van der Waals surface area contributed by atoms with Crippen molar-refractivity contribution in [1.82, 2.24) is 0 Å². The summed E-state index contributed by atoms with van der Waals surface area (Å²) in [6.45, 7) is 17.4. The van der Waals surface area contributed by atoms with Crippen LogP contribution < -0.4 is 0 Å². The molecule has 0 unspecified atom stereocenters. The molecule has 0 radical (unpaired) electrons.